The lowest BCUT2D eigenvalue weighted by Crippen LogP contribution is -2.15. The topological polar surface area (TPSA) is 90.0 Å². The molecule has 0 spiro atoms. The number of ether oxygens (including phenoxy) is 1. The van der Waals surface area contributed by atoms with Gasteiger partial charge in [-0.3, -0.25) is 0 Å². The van der Waals surface area contributed by atoms with Gasteiger partial charge in [0.1, 0.15) is 28.7 Å². The molecule has 0 aliphatic carbocycles. The van der Waals surface area contributed by atoms with Crippen LogP contribution >= 0.6 is 11.8 Å². The SMILES string of the molecule is C=CC(=O)Oc1ccccc1CSc1nc(N(C)C)c(C#N)c(CC)c1C#N. The standard InChI is InChI=1S/C21H20N4O2S/c1-5-15-16(11-22)20(25(3)4)24-21(17(15)12-23)28-13-14-9-7-8-10-18(14)27-19(26)6-2/h6-10H,2,5,13H2,1,3-4H3. The van der Waals surface area contributed by atoms with Crippen molar-refractivity contribution in [1.82, 2.24) is 4.98 Å². The molecule has 0 unspecified atom stereocenters. The summed E-state index contributed by atoms with van der Waals surface area (Å²) in [7, 11) is 3.63. The average molecular weight is 392 g/mol. The molecule has 28 heavy (non-hydrogen) atoms. The molecule has 0 aliphatic rings. The average Bonchev–Trinajstić information content (AvgIpc) is 2.71. The highest BCUT2D eigenvalue weighted by molar-refractivity contribution is 7.98. The van der Waals surface area contributed by atoms with Crippen LogP contribution in [0.5, 0.6) is 5.75 Å². The Labute approximate surface area is 169 Å². The first kappa shape index (κ1) is 21.0. The minimum Gasteiger partial charge on any atom is -0.423 e. The molecular formula is C21H20N4O2S. The number of anilines is 1. The number of nitriles is 2. The van der Waals surface area contributed by atoms with E-state index in [1.807, 2.05) is 33.2 Å². The molecule has 0 atom stereocenters. The van der Waals surface area contributed by atoms with Gasteiger partial charge in [-0.2, -0.15) is 10.5 Å². The fourth-order valence-corrected chi connectivity index (χ4v) is 3.63. The zero-order valence-corrected chi connectivity index (χ0v) is 16.8. The van der Waals surface area contributed by atoms with Crippen LogP contribution in [0.4, 0.5) is 5.82 Å². The first-order valence-electron chi connectivity index (χ1n) is 8.56. The molecule has 6 nitrogen and oxygen atoms in total. The lowest BCUT2D eigenvalue weighted by molar-refractivity contribution is -0.129. The molecule has 142 valence electrons. The van der Waals surface area contributed by atoms with Crippen molar-refractivity contribution < 1.29 is 9.53 Å². The van der Waals surface area contributed by atoms with Gasteiger partial charge in [0.15, 0.2) is 0 Å². The summed E-state index contributed by atoms with van der Waals surface area (Å²) in [5, 5.41) is 19.8. The minimum absolute atomic E-state index is 0.412. The highest BCUT2D eigenvalue weighted by Gasteiger charge is 2.20. The van der Waals surface area contributed by atoms with Crippen LogP contribution in [0.3, 0.4) is 0 Å². The molecule has 1 heterocycles. The summed E-state index contributed by atoms with van der Waals surface area (Å²) in [4.78, 5) is 17.9. The zero-order chi connectivity index (χ0) is 20.7. The van der Waals surface area contributed by atoms with E-state index in [9.17, 15) is 15.3 Å². The Bertz CT molecular complexity index is 987. The number of benzene rings is 1. The summed E-state index contributed by atoms with van der Waals surface area (Å²) in [5.74, 6) is 0.891. The van der Waals surface area contributed by atoms with Crippen LogP contribution in [-0.2, 0) is 17.0 Å². The van der Waals surface area contributed by atoms with Crippen molar-refractivity contribution in [2.75, 3.05) is 19.0 Å². The predicted molar refractivity (Wildman–Crippen MR) is 109 cm³/mol. The van der Waals surface area contributed by atoms with Gasteiger partial charge in [0.25, 0.3) is 0 Å². The maximum Gasteiger partial charge on any atom is 0.335 e. The molecule has 7 heteroatoms. The number of pyridine rings is 1. The number of thioether (sulfide) groups is 1. The number of para-hydroxylation sites is 1. The van der Waals surface area contributed by atoms with Crippen LogP contribution in [-0.4, -0.2) is 25.0 Å². The third-order valence-corrected chi connectivity index (χ3v) is 4.99. The van der Waals surface area contributed by atoms with E-state index < -0.39 is 5.97 Å². The normalized spacial score (nSPS) is 9.89. The molecule has 0 bridgehead atoms. The highest BCUT2D eigenvalue weighted by atomic mass is 32.2. The number of carbonyl (C=O) groups excluding carboxylic acids is 1. The van der Waals surface area contributed by atoms with Crippen LogP contribution < -0.4 is 9.64 Å². The molecular weight excluding hydrogens is 372 g/mol. The molecule has 0 fully saturated rings. The predicted octanol–water partition coefficient (Wildman–Crippen LogP) is 3.84. The summed E-state index contributed by atoms with van der Waals surface area (Å²) in [5.41, 5.74) is 2.32. The van der Waals surface area contributed by atoms with Gasteiger partial charge in [0.05, 0.1) is 11.1 Å². The van der Waals surface area contributed by atoms with Crippen molar-refractivity contribution in [3.8, 4) is 17.9 Å². The summed E-state index contributed by atoms with van der Waals surface area (Å²) in [6, 6.07) is 11.6. The van der Waals surface area contributed by atoms with Gasteiger partial charge in [-0.25, -0.2) is 9.78 Å². The summed E-state index contributed by atoms with van der Waals surface area (Å²) in [6.07, 6.45) is 1.66. The van der Waals surface area contributed by atoms with Crippen LogP contribution in [0.1, 0.15) is 29.2 Å². The molecule has 1 aromatic carbocycles. The number of aromatic nitrogens is 1. The Morgan fingerprint density at radius 1 is 1.29 bits per heavy atom. The lowest BCUT2D eigenvalue weighted by atomic mass is 10.0. The van der Waals surface area contributed by atoms with Gasteiger partial charge in [-0.15, -0.1) is 11.8 Å². The quantitative estimate of drug-likeness (QED) is 0.306. The molecule has 0 saturated heterocycles. The molecule has 0 N–H and O–H groups in total. The van der Waals surface area contributed by atoms with Crippen LogP contribution in [0.15, 0.2) is 41.9 Å². The largest absolute Gasteiger partial charge is 0.423 e. The van der Waals surface area contributed by atoms with E-state index in [1.165, 1.54) is 11.8 Å². The zero-order valence-electron chi connectivity index (χ0n) is 16.0. The molecule has 0 saturated carbocycles. The number of hydrogen-bond donors (Lipinski definition) is 0. The molecule has 2 aromatic rings. The molecule has 0 aliphatic heterocycles. The van der Waals surface area contributed by atoms with Crippen molar-refractivity contribution in [1.29, 1.82) is 10.5 Å². The lowest BCUT2D eigenvalue weighted by Gasteiger charge is -2.18. The molecule has 1 aromatic heterocycles. The van der Waals surface area contributed by atoms with Crippen LogP contribution in [0.25, 0.3) is 0 Å². The highest BCUT2D eigenvalue weighted by Crippen LogP contribution is 2.34. The molecule has 0 radical (unpaired) electrons. The summed E-state index contributed by atoms with van der Waals surface area (Å²) < 4.78 is 5.28. The van der Waals surface area contributed by atoms with Gasteiger partial charge < -0.3 is 9.64 Å². The second-order valence-electron chi connectivity index (χ2n) is 5.96. The third-order valence-electron chi connectivity index (χ3n) is 3.96. The summed E-state index contributed by atoms with van der Waals surface area (Å²) in [6.45, 7) is 5.32. The number of esters is 1. The maximum atomic E-state index is 11.5. The van der Waals surface area contributed by atoms with Crippen LogP contribution in [0, 0.1) is 22.7 Å². The number of nitrogens with zero attached hydrogens (tertiary/aromatic N) is 4. The second kappa shape index (κ2) is 9.59. The molecule has 0 amide bonds. The number of rotatable bonds is 7. The van der Waals surface area contributed by atoms with Crippen molar-refractivity contribution in [2.45, 2.75) is 24.1 Å². The second-order valence-corrected chi connectivity index (χ2v) is 6.93. The Morgan fingerprint density at radius 2 is 1.96 bits per heavy atom. The van der Waals surface area contributed by atoms with Crippen molar-refractivity contribution >= 4 is 23.5 Å². The van der Waals surface area contributed by atoms with Gasteiger partial charge in [0, 0.05) is 31.5 Å². The first-order valence-corrected chi connectivity index (χ1v) is 9.54. The fourth-order valence-electron chi connectivity index (χ4n) is 2.63. The van der Waals surface area contributed by atoms with E-state index >= 15 is 0 Å². The first-order chi connectivity index (χ1) is 13.5. The van der Waals surface area contributed by atoms with Gasteiger partial charge in [-0.1, -0.05) is 31.7 Å². The third kappa shape index (κ3) is 4.51. The Balaban J connectivity index is 2.44. The van der Waals surface area contributed by atoms with E-state index in [-0.39, 0.29) is 0 Å². The number of carbonyl (C=O) groups is 1. The number of hydrogen-bond acceptors (Lipinski definition) is 7. The van der Waals surface area contributed by atoms with Crippen molar-refractivity contribution in [3.05, 3.63) is 59.2 Å². The van der Waals surface area contributed by atoms with Gasteiger partial charge in [-0.05, 0) is 18.1 Å². The molecule has 2 rings (SSSR count). The van der Waals surface area contributed by atoms with E-state index in [2.05, 4.69) is 23.7 Å². The Kier molecular flexibility index (Phi) is 7.20. The van der Waals surface area contributed by atoms with Crippen LogP contribution in [0.2, 0.25) is 0 Å². The monoisotopic (exact) mass is 392 g/mol. The smallest absolute Gasteiger partial charge is 0.335 e. The van der Waals surface area contributed by atoms with Gasteiger partial charge in [0.2, 0.25) is 0 Å². The van der Waals surface area contributed by atoms with E-state index in [0.29, 0.717) is 45.5 Å². The minimum atomic E-state index is -0.533. The van der Waals surface area contributed by atoms with Crippen molar-refractivity contribution in [2.24, 2.45) is 0 Å². The summed E-state index contributed by atoms with van der Waals surface area (Å²) >= 11 is 1.37. The Morgan fingerprint density at radius 3 is 2.54 bits per heavy atom. The van der Waals surface area contributed by atoms with E-state index in [1.54, 1.807) is 17.0 Å². The van der Waals surface area contributed by atoms with E-state index in [0.717, 1.165) is 11.6 Å². The van der Waals surface area contributed by atoms with Crippen molar-refractivity contribution in [3.63, 3.8) is 0 Å². The van der Waals surface area contributed by atoms with E-state index in [4.69, 9.17) is 4.74 Å². The van der Waals surface area contributed by atoms with Gasteiger partial charge >= 0.3 is 5.97 Å². The maximum absolute atomic E-state index is 11.5. The Hall–Kier alpha value is -3.29. The fraction of sp³-hybridized carbons (Fsp3) is 0.238.